The summed E-state index contributed by atoms with van der Waals surface area (Å²) in [5, 5.41) is 0. The molecular weight excluding hydrogens is 228 g/mol. The van der Waals surface area contributed by atoms with Crippen LogP contribution in [0.15, 0.2) is 10.5 Å². The van der Waals surface area contributed by atoms with Crippen molar-refractivity contribution in [2.75, 3.05) is 0 Å². The van der Waals surface area contributed by atoms with Gasteiger partial charge in [0.2, 0.25) is 0 Å². The first kappa shape index (κ1) is 9.61. The van der Waals surface area contributed by atoms with E-state index in [-0.39, 0.29) is 16.6 Å². The maximum atomic E-state index is 13.1. The van der Waals surface area contributed by atoms with Crippen LogP contribution in [0.3, 0.4) is 0 Å². The summed E-state index contributed by atoms with van der Waals surface area (Å²) in [6.07, 6.45) is 0. The summed E-state index contributed by atoms with van der Waals surface area (Å²) in [5.41, 5.74) is 5.51. The average molecular weight is 236 g/mol. The van der Waals surface area contributed by atoms with E-state index in [1.165, 1.54) is 6.07 Å². The highest BCUT2D eigenvalue weighted by Gasteiger charge is 2.13. The van der Waals surface area contributed by atoms with Crippen LogP contribution in [0, 0.1) is 18.6 Å². The molecule has 0 atom stereocenters. The lowest BCUT2D eigenvalue weighted by Crippen LogP contribution is -2.05. The molecule has 1 rings (SSSR count). The van der Waals surface area contributed by atoms with E-state index >= 15 is 0 Å². The SMILES string of the molecule is Cc1cc(Br)c(F)c(CN)c1F. The third kappa shape index (κ3) is 1.49. The van der Waals surface area contributed by atoms with Crippen LogP contribution in [-0.4, -0.2) is 0 Å². The van der Waals surface area contributed by atoms with Crippen molar-refractivity contribution < 1.29 is 8.78 Å². The molecule has 1 aromatic carbocycles. The van der Waals surface area contributed by atoms with Crippen molar-refractivity contribution in [1.82, 2.24) is 0 Å². The van der Waals surface area contributed by atoms with E-state index in [0.717, 1.165) is 0 Å². The first-order valence-corrected chi connectivity index (χ1v) is 4.20. The molecule has 0 aliphatic heterocycles. The fourth-order valence-electron chi connectivity index (χ4n) is 0.975. The molecular formula is C8H8BrF2N. The maximum Gasteiger partial charge on any atom is 0.144 e. The van der Waals surface area contributed by atoms with Gasteiger partial charge in [0.1, 0.15) is 11.6 Å². The Balaban J connectivity index is 3.42. The number of rotatable bonds is 1. The molecule has 0 unspecified atom stereocenters. The highest BCUT2D eigenvalue weighted by molar-refractivity contribution is 9.10. The molecule has 0 amide bonds. The van der Waals surface area contributed by atoms with E-state index in [1.807, 2.05) is 0 Å². The Labute approximate surface area is 77.7 Å². The number of aryl methyl sites for hydroxylation is 1. The lowest BCUT2D eigenvalue weighted by molar-refractivity contribution is 0.547. The van der Waals surface area contributed by atoms with Gasteiger partial charge in [-0.2, -0.15) is 0 Å². The van der Waals surface area contributed by atoms with Crippen molar-refractivity contribution in [3.8, 4) is 0 Å². The third-order valence-electron chi connectivity index (χ3n) is 1.63. The summed E-state index contributed by atoms with van der Waals surface area (Å²) in [7, 11) is 0. The van der Waals surface area contributed by atoms with E-state index in [9.17, 15) is 8.78 Å². The summed E-state index contributed by atoms with van der Waals surface area (Å²) in [4.78, 5) is 0. The summed E-state index contributed by atoms with van der Waals surface area (Å²) in [6.45, 7) is 1.44. The van der Waals surface area contributed by atoms with Gasteiger partial charge in [0.15, 0.2) is 0 Å². The lowest BCUT2D eigenvalue weighted by atomic mass is 10.1. The van der Waals surface area contributed by atoms with Crippen LogP contribution in [0.4, 0.5) is 8.78 Å². The molecule has 4 heteroatoms. The third-order valence-corrected chi connectivity index (χ3v) is 2.21. The topological polar surface area (TPSA) is 26.0 Å². The molecule has 12 heavy (non-hydrogen) atoms. The second-order valence-corrected chi connectivity index (χ2v) is 3.34. The highest BCUT2D eigenvalue weighted by atomic mass is 79.9. The molecule has 0 saturated carbocycles. The smallest absolute Gasteiger partial charge is 0.144 e. The van der Waals surface area contributed by atoms with Gasteiger partial charge in [-0.1, -0.05) is 0 Å². The van der Waals surface area contributed by atoms with Crippen molar-refractivity contribution in [3.63, 3.8) is 0 Å². The zero-order chi connectivity index (χ0) is 9.30. The summed E-state index contributed by atoms with van der Waals surface area (Å²) < 4.78 is 26.4. The average Bonchev–Trinajstić information content (AvgIpc) is 2.02. The molecule has 0 aliphatic carbocycles. The summed E-state index contributed by atoms with van der Waals surface area (Å²) in [5.74, 6) is -1.17. The number of halogens is 3. The molecule has 0 bridgehead atoms. The minimum absolute atomic E-state index is 0.0677. The van der Waals surface area contributed by atoms with E-state index in [0.29, 0.717) is 5.56 Å². The Bertz CT molecular complexity index is 286. The maximum absolute atomic E-state index is 13.1. The van der Waals surface area contributed by atoms with Crippen LogP contribution in [0.25, 0.3) is 0 Å². The Hall–Kier alpha value is -0.480. The Morgan fingerprint density at radius 2 is 2.00 bits per heavy atom. The van der Waals surface area contributed by atoms with Crippen LogP contribution < -0.4 is 5.73 Å². The quantitative estimate of drug-likeness (QED) is 0.745. The normalized spacial score (nSPS) is 10.4. The minimum atomic E-state index is -0.611. The molecule has 0 fully saturated rings. The molecule has 0 saturated heterocycles. The lowest BCUT2D eigenvalue weighted by Gasteiger charge is -2.06. The van der Waals surface area contributed by atoms with Crippen LogP contribution in [0.1, 0.15) is 11.1 Å². The van der Waals surface area contributed by atoms with E-state index < -0.39 is 11.6 Å². The number of hydrogen-bond acceptors (Lipinski definition) is 1. The van der Waals surface area contributed by atoms with Gasteiger partial charge in [0.25, 0.3) is 0 Å². The molecule has 0 spiro atoms. The van der Waals surface area contributed by atoms with Crippen LogP contribution in [-0.2, 0) is 6.54 Å². The van der Waals surface area contributed by atoms with E-state index in [2.05, 4.69) is 15.9 Å². The van der Waals surface area contributed by atoms with Gasteiger partial charge >= 0.3 is 0 Å². The van der Waals surface area contributed by atoms with Crippen LogP contribution in [0.2, 0.25) is 0 Å². The molecule has 0 aromatic heterocycles. The molecule has 1 nitrogen and oxygen atoms in total. The number of benzene rings is 1. The van der Waals surface area contributed by atoms with E-state index in [1.54, 1.807) is 6.92 Å². The Kier molecular flexibility index (Phi) is 2.80. The van der Waals surface area contributed by atoms with Gasteiger partial charge in [-0.3, -0.25) is 0 Å². The van der Waals surface area contributed by atoms with Gasteiger partial charge in [0.05, 0.1) is 4.47 Å². The fraction of sp³-hybridized carbons (Fsp3) is 0.250. The molecule has 0 radical (unpaired) electrons. The van der Waals surface area contributed by atoms with Gasteiger partial charge in [-0.15, -0.1) is 0 Å². The summed E-state index contributed by atoms with van der Waals surface area (Å²) >= 11 is 2.97. The zero-order valence-electron chi connectivity index (χ0n) is 6.50. The monoisotopic (exact) mass is 235 g/mol. The van der Waals surface area contributed by atoms with Gasteiger partial charge in [0, 0.05) is 12.1 Å². The fourth-order valence-corrected chi connectivity index (χ4v) is 1.56. The van der Waals surface area contributed by atoms with Crippen LogP contribution >= 0.6 is 15.9 Å². The van der Waals surface area contributed by atoms with Gasteiger partial charge in [-0.25, -0.2) is 8.78 Å². The Morgan fingerprint density at radius 1 is 1.42 bits per heavy atom. The molecule has 1 aromatic rings. The molecule has 0 aliphatic rings. The molecule has 2 N–H and O–H groups in total. The second-order valence-electron chi connectivity index (χ2n) is 2.49. The van der Waals surface area contributed by atoms with Gasteiger partial charge < -0.3 is 5.73 Å². The zero-order valence-corrected chi connectivity index (χ0v) is 8.08. The first-order chi connectivity index (χ1) is 5.57. The van der Waals surface area contributed by atoms with Crippen molar-refractivity contribution in [2.45, 2.75) is 13.5 Å². The molecule has 0 heterocycles. The van der Waals surface area contributed by atoms with Crippen molar-refractivity contribution in [1.29, 1.82) is 0 Å². The van der Waals surface area contributed by atoms with E-state index in [4.69, 9.17) is 5.73 Å². The second kappa shape index (κ2) is 3.49. The number of nitrogens with two attached hydrogens (primary N) is 1. The summed E-state index contributed by atoms with van der Waals surface area (Å²) in [6, 6.07) is 1.39. The van der Waals surface area contributed by atoms with Crippen LogP contribution in [0.5, 0.6) is 0 Å². The largest absolute Gasteiger partial charge is 0.326 e. The number of hydrogen-bond donors (Lipinski definition) is 1. The Morgan fingerprint density at radius 3 is 2.50 bits per heavy atom. The van der Waals surface area contributed by atoms with Gasteiger partial charge in [-0.05, 0) is 34.5 Å². The highest BCUT2D eigenvalue weighted by Crippen LogP contribution is 2.24. The standard InChI is InChI=1S/C8H8BrF2N/c1-4-2-6(9)8(11)5(3-12)7(4)10/h2H,3,12H2,1H3. The predicted molar refractivity (Wildman–Crippen MR) is 46.7 cm³/mol. The van der Waals surface area contributed by atoms with Crippen molar-refractivity contribution in [2.24, 2.45) is 5.73 Å². The predicted octanol–water partition coefficient (Wildman–Crippen LogP) is 2.49. The molecule has 66 valence electrons. The van der Waals surface area contributed by atoms with Crippen molar-refractivity contribution >= 4 is 15.9 Å². The first-order valence-electron chi connectivity index (χ1n) is 3.41. The van der Waals surface area contributed by atoms with Crippen molar-refractivity contribution in [3.05, 3.63) is 33.3 Å². The minimum Gasteiger partial charge on any atom is -0.326 e.